The molecule has 2 aromatic heterocycles. The van der Waals surface area contributed by atoms with Gasteiger partial charge in [-0.25, -0.2) is 0 Å². The first-order valence-corrected chi connectivity index (χ1v) is 11.2. The Kier molecular flexibility index (Phi) is 7.42. The number of hydrogen-bond donors (Lipinski definition) is 1. The average molecular weight is 415 g/mol. The van der Waals surface area contributed by atoms with E-state index in [2.05, 4.69) is 15.1 Å². The predicted octanol–water partition coefficient (Wildman–Crippen LogP) is 0.998. The highest BCUT2D eigenvalue weighted by atomic mass is 16.5. The molecule has 0 atom stereocenters. The molecule has 1 amide bonds. The summed E-state index contributed by atoms with van der Waals surface area (Å²) in [7, 11) is 0. The second-order valence-electron chi connectivity index (χ2n) is 8.27. The molecule has 4 rings (SSSR count). The summed E-state index contributed by atoms with van der Waals surface area (Å²) in [5, 5.41) is 4.08. The van der Waals surface area contributed by atoms with Gasteiger partial charge in [0.25, 0.3) is 0 Å². The van der Waals surface area contributed by atoms with Gasteiger partial charge in [0.15, 0.2) is 0 Å². The van der Waals surface area contributed by atoms with Crippen molar-refractivity contribution in [2.45, 2.75) is 38.5 Å². The maximum Gasteiger partial charge on any atom is 0.228 e. The Balaban J connectivity index is 1.33. The SMILES string of the molecule is O=C(C1CCCC1)N(CCC[NH+]1CCOCC1)CCc1nc(-c2ccncc2)no1. The van der Waals surface area contributed by atoms with Crippen molar-refractivity contribution in [3.8, 4) is 11.4 Å². The van der Waals surface area contributed by atoms with Gasteiger partial charge in [-0.1, -0.05) is 18.0 Å². The molecular weight excluding hydrogens is 382 g/mol. The molecule has 8 nitrogen and oxygen atoms in total. The highest BCUT2D eigenvalue weighted by molar-refractivity contribution is 5.79. The van der Waals surface area contributed by atoms with Crippen molar-refractivity contribution < 1.29 is 19.0 Å². The van der Waals surface area contributed by atoms with Crippen LogP contribution < -0.4 is 4.90 Å². The lowest BCUT2D eigenvalue weighted by atomic mass is 10.1. The van der Waals surface area contributed by atoms with Gasteiger partial charge in [-0.2, -0.15) is 4.98 Å². The largest absolute Gasteiger partial charge is 0.370 e. The van der Waals surface area contributed by atoms with E-state index in [0.29, 0.717) is 30.6 Å². The smallest absolute Gasteiger partial charge is 0.228 e. The van der Waals surface area contributed by atoms with E-state index in [4.69, 9.17) is 9.26 Å². The number of amides is 1. The van der Waals surface area contributed by atoms with Crippen molar-refractivity contribution >= 4 is 5.91 Å². The van der Waals surface area contributed by atoms with Crippen molar-refractivity contribution in [3.63, 3.8) is 0 Å². The van der Waals surface area contributed by atoms with Crippen LogP contribution in [0.3, 0.4) is 0 Å². The van der Waals surface area contributed by atoms with Crippen molar-refractivity contribution in [3.05, 3.63) is 30.4 Å². The van der Waals surface area contributed by atoms with Gasteiger partial charge in [0.1, 0.15) is 13.1 Å². The maximum absolute atomic E-state index is 13.1. The molecule has 1 N–H and O–H groups in total. The number of nitrogens with zero attached hydrogens (tertiary/aromatic N) is 4. The summed E-state index contributed by atoms with van der Waals surface area (Å²) in [5.74, 6) is 1.64. The van der Waals surface area contributed by atoms with E-state index < -0.39 is 0 Å². The molecule has 1 saturated heterocycles. The summed E-state index contributed by atoms with van der Waals surface area (Å²) >= 11 is 0. The summed E-state index contributed by atoms with van der Waals surface area (Å²) in [6, 6.07) is 3.72. The number of hydrogen-bond acceptors (Lipinski definition) is 6. The number of morpholine rings is 1. The second-order valence-corrected chi connectivity index (χ2v) is 8.27. The summed E-state index contributed by atoms with van der Waals surface area (Å²) in [6.07, 6.45) is 9.41. The number of rotatable bonds is 9. The van der Waals surface area contributed by atoms with Gasteiger partial charge >= 0.3 is 0 Å². The van der Waals surface area contributed by atoms with Crippen molar-refractivity contribution in [1.29, 1.82) is 0 Å². The number of carbonyl (C=O) groups is 1. The molecule has 0 bridgehead atoms. The summed E-state index contributed by atoms with van der Waals surface area (Å²) in [4.78, 5) is 25.2. The molecule has 162 valence electrons. The van der Waals surface area contributed by atoms with Gasteiger partial charge in [0, 0.05) is 49.8 Å². The first-order chi connectivity index (χ1) is 14.8. The Morgan fingerprint density at radius 3 is 2.67 bits per heavy atom. The molecule has 0 radical (unpaired) electrons. The molecule has 2 fully saturated rings. The number of aromatic nitrogens is 3. The van der Waals surface area contributed by atoms with E-state index in [1.807, 2.05) is 17.0 Å². The van der Waals surface area contributed by atoms with E-state index in [0.717, 1.165) is 64.2 Å². The summed E-state index contributed by atoms with van der Waals surface area (Å²) < 4.78 is 10.9. The molecule has 1 aliphatic heterocycles. The fourth-order valence-corrected chi connectivity index (χ4v) is 4.40. The minimum absolute atomic E-state index is 0.191. The monoisotopic (exact) mass is 414 g/mol. The van der Waals surface area contributed by atoms with Crippen molar-refractivity contribution in [2.24, 2.45) is 5.92 Å². The van der Waals surface area contributed by atoms with Gasteiger partial charge in [-0.15, -0.1) is 0 Å². The van der Waals surface area contributed by atoms with Crippen LogP contribution in [0.2, 0.25) is 0 Å². The quantitative estimate of drug-likeness (QED) is 0.659. The van der Waals surface area contributed by atoms with Crippen LogP contribution in [0.25, 0.3) is 11.4 Å². The van der Waals surface area contributed by atoms with Crippen LogP contribution in [0.15, 0.2) is 29.0 Å². The Labute approximate surface area is 177 Å². The third-order valence-corrected chi connectivity index (χ3v) is 6.18. The number of nitrogens with one attached hydrogen (secondary N) is 1. The minimum Gasteiger partial charge on any atom is -0.370 e. The fourth-order valence-electron chi connectivity index (χ4n) is 4.40. The normalized spacial score (nSPS) is 18.0. The standard InChI is InChI=1S/C22H31N5O3/c28-22(19-4-1-2-5-19)27(12-3-11-26-14-16-29-17-15-26)13-8-20-24-21(25-30-20)18-6-9-23-10-7-18/h6-7,9-10,19H,1-5,8,11-17H2/p+1. The summed E-state index contributed by atoms with van der Waals surface area (Å²) in [5.41, 5.74) is 0.882. The fraction of sp³-hybridized carbons (Fsp3) is 0.636. The molecule has 1 aliphatic carbocycles. The second kappa shape index (κ2) is 10.6. The molecule has 0 unspecified atom stereocenters. The van der Waals surface area contributed by atoms with Crippen molar-refractivity contribution in [1.82, 2.24) is 20.0 Å². The highest BCUT2D eigenvalue weighted by Gasteiger charge is 2.27. The lowest BCUT2D eigenvalue weighted by Gasteiger charge is -2.27. The predicted molar refractivity (Wildman–Crippen MR) is 111 cm³/mol. The first-order valence-electron chi connectivity index (χ1n) is 11.2. The van der Waals surface area contributed by atoms with E-state index in [1.165, 1.54) is 12.8 Å². The number of quaternary nitrogens is 1. The van der Waals surface area contributed by atoms with E-state index >= 15 is 0 Å². The molecular formula is C22H32N5O3+. The number of carbonyl (C=O) groups excluding carboxylic acids is 1. The van der Waals surface area contributed by atoms with E-state index in [-0.39, 0.29) is 5.92 Å². The van der Waals surface area contributed by atoms with Crippen LogP contribution >= 0.6 is 0 Å². The van der Waals surface area contributed by atoms with Crippen LogP contribution in [0.1, 0.15) is 38.0 Å². The molecule has 8 heteroatoms. The topological polar surface area (TPSA) is 85.8 Å². The first kappa shape index (κ1) is 20.9. The lowest BCUT2D eigenvalue weighted by Crippen LogP contribution is -3.14. The molecule has 30 heavy (non-hydrogen) atoms. The van der Waals surface area contributed by atoms with E-state index in [1.54, 1.807) is 17.3 Å². The Morgan fingerprint density at radius 1 is 1.13 bits per heavy atom. The van der Waals surface area contributed by atoms with Crippen LogP contribution in [0, 0.1) is 5.92 Å². The number of pyridine rings is 1. The lowest BCUT2D eigenvalue weighted by molar-refractivity contribution is -0.908. The zero-order valence-corrected chi connectivity index (χ0v) is 17.6. The molecule has 2 aromatic rings. The van der Waals surface area contributed by atoms with Gasteiger partial charge < -0.3 is 19.1 Å². The Bertz CT molecular complexity index is 785. The third-order valence-electron chi connectivity index (χ3n) is 6.18. The Hall–Kier alpha value is -2.32. The minimum atomic E-state index is 0.191. The Morgan fingerprint density at radius 2 is 1.90 bits per heavy atom. The third kappa shape index (κ3) is 5.64. The molecule has 2 aliphatic rings. The van der Waals surface area contributed by atoms with Gasteiger partial charge in [0.2, 0.25) is 17.6 Å². The summed E-state index contributed by atoms with van der Waals surface area (Å²) in [6.45, 7) is 6.34. The molecule has 0 spiro atoms. The van der Waals surface area contributed by atoms with Crippen LogP contribution in [-0.4, -0.2) is 71.9 Å². The zero-order chi connectivity index (χ0) is 20.6. The molecule has 3 heterocycles. The van der Waals surface area contributed by atoms with Gasteiger partial charge in [0.05, 0.1) is 19.8 Å². The van der Waals surface area contributed by atoms with Crippen molar-refractivity contribution in [2.75, 3.05) is 45.9 Å². The molecule has 1 saturated carbocycles. The zero-order valence-electron chi connectivity index (χ0n) is 17.6. The maximum atomic E-state index is 13.1. The van der Waals surface area contributed by atoms with Gasteiger partial charge in [-0.3, -0.25) is 9.78 Å². The highest BCUT2D eigenvalue weighted by Crippen LogP contribution is 2.26. The van der Waals surface area contributed by atoms with E-state index in [9.17, 15) is 4.79 Å². The van der Waals surface area contributed by atoms with Gasteiger partial charge in [-0.05, 0) is 25.0 Å². The van der Waals surface area contributed by atoms with Crippen LogP contribution in [0.5, 0.6) is 0 Å². The van der Waals surface area contributed by atoms with Crippen LogP contribution in [0.4, 0.5) is 0 Å². The number of ether oxygens (including phenoxy) is 1. The molecule has 0 aromatic carbocycles. The van der Waals surface area contributed by atoms with Crippen LogP contribution in [-0.2, 0) is 16.0 Å². The average Bonchev–Trinajstić information content (AvgIpc) is 3.49.